The van der Waals surface area contributed by atoms with Gasteiger partial charge in [0.2, 0.25) is 0 Å². The van der Waals surface area contributed by atoms with Gasteiger partial charge in [0, 0.05) is 12.3 Å². The minimum atomic E-state index is -0.190. The number of aryl methyl sites for hydroxylation is 2. The lowest BCUT2D eigenvalue weighted by molar-refractivity contribution is -0.107. The van der Waals surface area contributed by atoms with Crippen LogP contribution in [0.15, 0.2) is 66.7 Å². The molecule has 0 saturated heterocycles. The Morgan fingerprint density at radius 2 is 1.76 bits per heavy atom. The molecule has 3 nitrogen and oxygen atoms in total. The number of carbonyl (C=O) groups excluding carboxylic acids is 1. The number of benzene rings is 3. The first-order chi connectivity index (χ1) is 16.0. The van der Waals surface area contributed by atoms with Gasteiger partial charge in [-0.15, -0.1) is 0 Å². The molecule has 33 heavy (non-hydrogen) atoms. The average Bonchev–Trinajstić information content (AvgIpc) is 2.82. The van der Waals surface area contributed by atoms with Crippen molar-refractivity contribution in [1.29, 1.82) is 0 Å². The first-order valence-electron chi connectivity index (χ1n) is 11.6. The van der Waals surface area contributed by atoms with Gasteiger partial charge in [0.25, 0.3) is 0 Å². The van der Waals surface area contributed by atoms with Crippen molar-refractivity contribution in [3.05, 3.63) is 94.8 Å². The van der Waals surface area contributed by atoms with E-state index in [1.54, 1.807) is 6.92 Å². The van der Waals surface area contributed by atoms with E-state index in [0.29, 0.717) is 37.5 Å². The van der Waals surface area contributed by atoms with Crippen LogP contribution in [-0.2, 0) is 17.8 Å². The molecular weight excluding hydrogens is 415 g/mol. The number of carbonyl (C=O) groups is 1. The number of ether oxygens (including phenoxy) is 2. The summed E-state index contributed by atoms with van der Waals surface area (Å²) in [4.78, 5) is 11.0. The number of para-hydroxylation sites is 1. The summed E-state index contributed by atoms with van der Waals surface area (Å²) in [5.41, 5.74) is 3.74. The lowest BCUT2D eigenvalue weighted by Gasteiger charge is -2.22. The van der Waals surface area contributed by atoms with E-state index in [1.807, 2.05) is 60.7 Å². The number of hydrogen-bond donors (Lipinski definition) is 0. The third-order valence-electron chi connectivity index (χ3n) is 5.66. The van der Waals surface area contributed by atoms with E-state index in [2.05, 4.69) is 13.8 Å². The fourth-order valence-electron chi connectivity index (χ4n) is 3.91. The van der Waals surface area contributed by atoms with Gasteiger partial charge in [0.15, 0.2) is 0 Å². The summed E-state index contributed by atoms with van der Waals surface area (Å²) in [6.07, 6.45) is 2.94. The minimum Gasteiger partial charge on any atom is -0.493 e. The highest BCUT2D eigenvalue weighted by Crippen LogP contribution is 2.29. The average molecular weight is 449 g/mol. The Hall–Kier alpha value is -3.14. The summed E-state index contributed by atoms with van der Waals surface area (Å²) < 4.78 is 26.1. The summed E-state index contributed by atoms with van der Waals surface area (Å²) in [5.74, 6) is 2.02. The van der Waals surface area contributed by atoms with E-state index in [-0.39, 0.29) is 11.7 Å². The van der Waals surface area contributed by atoms with Crippen molar-refractivity contribution in [2.45, 2.75) is 52.6 Å². The second-order valence-corrected chi connectivity index (χ2v) is 8.90. The maximum atomic E-state index is 13.8. The number of rotatable bonds is 12. The van der Waals surface area contributed by atoms with Crippen molar-refractivity contribution in [3.63, 3.8) is 0 Å². The van der Waals surface area contributed by atoms with Gasteiger partial charge in [-0.2, -0.15) is 0 Å². The molecule has 0 radical (unpaired) electrons. The van der Waals surface area contributed by atoms with Crippen LogP contribution in [0.5, 0.6) is 11.5 Å². The van der Waals surface area contributed by atoms with E-state index in [9.17, 15) is 9.18 Å². The highest BCUT2D eigenvalue weighted by molar-refractivity contribution is 5.51. The van der Waals surface area contributed by atoms with Crippen LogP contribution in [0.3, 0.4) is 0 Å². The first-order valence-corrected chi connectivity index (χ1v) is 11.6. The molecule has 1 unspecified atom stereocenters. The minimum absolute atomic E-state index is 0.146. The van der Waals surface area contributed by atoms with Crippen molar-refractivity contribution in [3.8, 4) is 11.5 Å². The molecule has 0 spiro atoms. The summed E-state index contributed by atoms with van der Waals surface area (Å²) in [6, 6.07) is 21.1. The van der Waals surface area contributed by atoms with Crippen LogP contribution in [0, 0.1) is 18.7 Å². The molecule has 3 rings (SSSR count). The monoisotopic (exact) mass is 448 g/mol. The molecule has 0 aliphatic rings. The van der Waals surface area contributed by atoms with Crippen LogP contribution in [0.1, 0.15) is 54.9 Å². The van der Waals surface area contributed by atoms with Gasteiger partial charge in [0.05, 0.1) is 6.61 Å². The molecule has 0 N–H and O–H groups in total. The highest BCUT2D eigenvalue weighted by atomic mass is 19.1. The molecule has 0 amide bonds. The lowest BCUT2D eigenvalue weighted by atomic mass is 9.90. The van der Waals surface area contributed by atoms with E-state index in [4.69, 9.17) is 9.47 Å². The summed E-state index contributed by atoms with van der Waals surface area (Å²) >= 11 is 0. The van der Waals surface area contributed by atoms with E-state index in [0.717, 1.165) is 40.9 Å². The summed E-state index contributed by atoms with van der Waals surface area (Å²) in [7, 11) is 0. The lowest BCUT2D eigenvalue weighted by Crippen LogP contribution is -2.14. The second-order valence-electron chi connectivity index (χ2n) is 8.90. The van der Waals surface area contributed by atoms with Gasteiger partial charge in [-0.3, -0.25) is 0 Å². The van der Waals surface area contributed by atoms with Gasteiger partial charge >= 0.3 is 0 Å². The Bertz CT molecular complexity index is 1030. The smallest absolute Gasteiger partial charge is 0.126 e. The van der Waals surface area contributed by atoms with Crippen LogP contribution >= 0.6 is 0 Å². The zero-order valence-electron chi connectivity index (χ0n) is 19.7. The largest absolute Gasteiger partial charge is 0.493 e. The van der Waals surface area contributed by atoms with Gasteiger partial charge in [0.1, 0.15) is 30.2 Å². The molecule has 0 bridgehead atoms. The topological polar surface area (TPSA) is 35.5 Å². The molecule has 0 saturated carbocycles. The predicted octanol–water partition coefficient (Wildman–Crippen LogP) is 7.05. The fourth-order valence-corrected chi connectivity index (χ4v) is 3.91. The zero-order chi connectivity index (χ0) is 23.6. The van der Waals surface area contributed by atoms with Crippen molar-refractivity contribution >= 4 is 6.29 Å². The van der Waals surface area contributed by atoms with Gasteiger partial charge in [-0.25, -0.2) is 4.39 Å². The van der Waals surface area contributed by atoms with Crippen LogP contribution in [0.2, 0.25) is 0 Å². The van der Waals surface area contributed by atoms with Crippen molar-refractivity contribution < 1.29 is 18.7 Å². The van der Waals surface area contributed by atoms with Crippen LogP contribution in [-0.4, -0.2) is 12.9 Å². The van der Waals surface area contributed by atoms with Crippen molar-refractivity contribution in [2.24, 2.45) is 5.92 Å². The molecule has 0 heterocycles. The SMILES string of the molecule is Cc1cc(C(COc2cc(COc3ccccc3)ccc2CCC=O)CC(C)C)ccc1F. The summed E-state index contributed by atoms with van der Waals surface area (Å²) in [5, 5.41) is 0. The van der Waals surface area contributed by atoms with E-state index >= 15 is 0 Å². The molecule has 0 aromatic heterocycles. The molecule has 0 aliphatic carbocycles. The summed E-state index contributed by atoms with van der Waals surface area (Å²) in [6.45, 7) is 7.07. The molecule has 0 aliphatic heterocycles. The van der Waals surface area contributed by atoms with Gasteiger partial charge in [-0.05, 0) is 72.2 Å². The molecule has 3 aromatic carbocycles. The Kier molecular flexibility index (Phi) is 9.05. The Labute approximate surface area is 196 Å². The zero-order valence-corrected chi connectivity index (χ0v) is 19.7. The Balaban J connectivity index is 1.78. The van der Waals surface area contributed by atoms with Crippen molar-refractivity contribution in [2.75, 3.05) is 6.61 Å². The van der Waals surface area contributed by atoms with Crippen LogP contribution in [0.4, 0.5) is 4.39 Å². The standard InChI is InChI=1S/C29H33FO3/c1-21(2)16-26(25-13-14-28(30)22(3)17-25)20-33-29-18-23(11-12-24(29)8-7-15-31)19-32-27-9-5-4-6-10-27/h4-6,9-15,17-18,21,26H,7-8,16,19-20H2,1-3H3. The fraction of sp³-hybridized carbons (Fsp3) is 0.345. The van der Waals surface area contributed by atoms with E-state index in [1.165, 1.54) is 6.07 Å². The number of aldehydes is 1. The molecular formula is C29H33FO3. The van der Waals surface area contributed by atoms with Crippen LogP contribution < -0.4 is 9.47 Å². The predicted molar refractivity (Wildman–Crippen MR) is 130 cm³/mol. The van der Waals surface area contributed by atoms with E-state index < -0.39 is 0 Å². The first kappa shape index (κ1) is 24.5. The van der Waals surface area contributed by atoms with Gasteiger partial charge in [-0.1, -0.05) is 56.3 Å². The molecule has 4 heteroatoms. The Morgan fingerprint density at radius 1 is 0.970 bits per heavy atom. The maximum absolute atomic E-state index is 13.8. The third kappa shape index (κ3) is 7.45. The molecule has 174 valence electrons. The number of hydrogen-bond acceptors (Lipinski definition) is 3. The number of halogens is 1. The normalized spacial score (nSPS) is 11.9. The Morgan fingerprint density at radius 3 is 2.45 bits per heavy atom. The third-order valence-corrected chi connectivity index (χ3v) is 5.66. The second kappa shape index (κ2) is 12.2. The van der Waals surface area contributed by atoms with Crippen LogP contribution in [0.25, 0.3) is 0 Å². The maximum Gasteiger partial charge on any atom is 0.126 e. The highest BCUT2D eigenvalue weighted by Gasteiger charge is 2.17. The molecule has 1 atom stereocenters. The molecule has 0 fully saturated rings. The van der Waals surface area contributed by atoms with Gasteiger partial charge < -0.3 is 14.3 Å². The van der Waals surface area contributed by atoms with Crippen molar-refractivity contribution in [1.82, 2.24) is 0 Å². The molecule has 3 aromatic rings. The quantitative estimate of drug-likeness (QED) is 0.278.